The predicted octanol–water partition coefficient (Wildman–Crippen LogP) is 5.95. The summed E-state index contributed by atoms with van der Waals surface area (Å²) >= 11 is 6.52. The number of thiocarbonyl (C=S) groups is 1. The fraction of sp³-hybridized carbons (Fsp3) is 0.111. The van der Waals surface area contributed by atoms with Crippen molar-refractivity contribution in [2.75, 3.05) is 11.9 Å². The Balaban J connectivity index is 1.45. The highest BCUT2D eigenvalue weighted by Crippen LogP contribution is 2.37. The molecular formula is C27H20F2N2O4S2. The zero-order chi connectivity index (χ0) is 26.7. The Hall–Kier alpha value is -3.89. The number of carbonyl (C=O) groups excluding carboxylic acids is 2. The van der Waals surface area contributed by atoms with Crippen LogP contribution in [0.5, 0.6) is 0 Å². The number of halogens is 2. The fourth-order valence-corrected chi connectivity index (χ4v) is 5.04. The first-order valence-electron chi connectivity index (χ1n) is 11.1. The maximum atomic E-state index is 13.7. The van der Waals surface area contributed by atoms with Gasteiger partial charge >= 0.3 is 5.97 Å². The van der Waals surface area contributed by atoms with Gasteiger partial charge < -0.3 is 10.4 Å². The zero-order valence-corrected chi connectivity index (χ0v) is 21.1. The standard InChI is InChI=1S/C27H20F2N2O4S2/c1-15(17-3-2-4-18(13-17)19-7-10-21(28)22(29)14-19)24-25(33)31(27(36)37-24)12-11-23(32)30-20-8-5-16(6-9-20)26(34)35/h2-10,13-14H,11-12H2,1H3,(H,30,32)(H,34,35)/b24-15-. The number of rotatable bonds is 7. The number of anilines is 1. The van der Waals surface area contributed by atoms with E-state index in [1.165, 1.54) is 35.2 Å². The van der Waals surface area contributed by atoms with Gasteiger partial charge in [0.1, 0.15) is 4.32 Å². The second kappa shape index (κ2) is 11.0. The van der Waals surface area contributed by atoms with Crippen LogP contribution in [-0.4, -0.2) is 38.7 Å². The summed E-state index contributed by atoms with van der Waals surface area (Å²) in [7, 11) is 0. The number of hydrogen-bond donors (Lipinski definition) is 2. The highest BCUT2D eigenvalue weighted by atomic mass is 32.2. The normalized spacial score (nSPS) is 14.6. The van der Waals surface area contributed by atoms with Crippen molar-refractivity contribution < 1.29 is 28.3 Å². The summed E-state index contributed by atoms with van der Waals surface area (Å²) in [5.41, 5.74) is 3.12. The number of benzene rings is 3. The highest BCUT2D eigenvalue weighted by Gasteiger charge is 2.33. The molecule has 1 aliphatic heterocycles. The molecule has 0 spiro atoms. The molecule has 0 bridgehead atoms. The van der Waals surface area contributed by atoms with Crippen LogP contribution in [0, 0.1) is 11.6 Å². The molecule has 188 valence electrons. The molecule has 6 nitrogen and oxygen atoms in total. The number of carboxylic acid groups (broad SMARTS) is 1. The minimum Gasteiger partial charge on any atom is -0.478 e. The summed E-state index contributed by atoms with van der Waals surface area (Å²) in [4.78, 5) is 38.2. The van der Waals surface area contributed by atoms with E-state index in [9.17, 15) is 23.2 Å². The highest BCUT2D eigenvalue weighted by molar-refractivity contribution is 8.26. The van der Waals surface area contributed by atoms with Gasteiger partial charge in [-0.25, -0.2) is 13.6 Å². The summed E-state index contributed by atoms with van der Waals surface area (Å²) < 4.78 is 27.4. The van der Waals surface area contributed by atoms with E-state index in [-0.39, 0.29) is 30.3 Å². The van der Waals surface area contributed by atoms with Crippen LogP contribution in [0.4, 0.5) is 14.5 Å². The van der Waals surface area contributed by atoms with Crippen molar-refractivity contribution >= 4 is 57.3 Å². The molecule has 1 saturated heterocycles. The van der Waals surface area contributed by atoms with Crippen molar-refractivity contribution in [3.8, 4) is 11.1 Å². The van der Waals surface area contributed by atoms with Gasteiger partial charge in [-0.1, -0.05) is 48.2 Å². The third-order valence-electron chi connectivity index (χ3n) is 5.72. The van der Waals surface area contributed by atoms with E-state index < -0.39 is 17.6 Å². The van der Waals surface area contributed by atoms with Crippen molar-refractivity contribution in [3.63, 3.8) is 0 Å². The number of hydrogen-bond acceptors (Lipinski definition) is 5. The first-order chi connectivity index (χ1) is 17.6. The molecule has 3 aromatic carbocycles. The first kappa shape index (κ1) is 26.2. The van der Waals surface area contributed by atoms with Gasteiger partial charge in [0.25, 0.3) is 5.91 Å². The molecule has 4 rings (SSSR count). The van der Waals surface area contributed by atoms with E-state index in [1.54, 1.807) is 25.1 Å². The van der Waals surface area contributed by atoms with Crippen LogP contribution < -0.4 is 5.32 Å². The van der Waals surface area contributed by atoms with Gasteiger partial charge in [-0.3, -0.25) is 14.5 Å². The monoisotopic (exact) mass is 538 g/mol. The van der Waals surface area contributed by atoms with Gasteiger partial charge in [0.05, 0.1) is 10.5 Å². The summed E-state index contributed by atoms with van der Waals surface area (Å²) in [5, 5.41) is 11.6. The number of amides is 2. The topological polar surface area (TPSA) is 86.7 Å². The number of nitrogens with one attached hydrogen (secondary N) is 1. The van der Waals surface area contributed by atoms with E-state index in [2.05, 4.69) is 5.32 Å². The number of carboxylic acids is 1. The second-order valence-corrected chi connectivity index (χ2v) is 9.81. The lowest BCUT2D eigenvalue weighted by Gasteiger charge is -2.14. The molecule has 0 unspecified atom stereocenters. The van der Waals surface area contributed by atoms with Crippen LogP contribution in [0.3, 0.4) is 0 Å². The van der Waals surface area contributed by atoms with Crippen LogP contribution in [0.15, 0.2) is 71.6 Å². The summed E-state index contributed by atoms with van der Waals surface area (Å²) in [5.74, 6) is -3.60. The van der Waals surface area contributed by atoms with Gasteiger partial charge in [-0.05, 0) is 71.7 Å². The molecule has 10 heteroatoms. The van der Waals surface area contributed by atoms with Gasteiger partial charge in [0, 0.05) is 18.7 Å². The molecule has 1 heterocycles. The maximum Gasteiger partial charge on any atom is 0.335 e. The Kier molecular flexibility index (Phi) is 7.80. The Morgan fingerprint density at radius 3 is 2.35 bits per heavy atom. The van der Waals surface area contributed by atoms with Crippen LogP contribution in [-0.2, 0) is 9.59 Å². The van der Waals surface area contributed by atoms with Crippen LogP contribution in [0.1, 0.15) is 29.3 Å². The quantitative estimate of drug-likeness (QED) is 0.286. The average Bonchev–Trinajstić information content (AvgIpc) is 3.17. The molecule has 1 fully saturated rings. The number of carbonyl (C=O) groups is 3. The second-order valence-electron chi connectivity index (χ2n) is 8.17. The molecule has 2 N–H and O–H groups in total. The first-order valence-corrected chi connectivity index (χ1v) is 12.3. The van der Waals surface area contributed by atoms with Crippen LogP contribution in [0.2, 0.25) is 0 Å². The summed E-state index contributed by atoms with van der Waals surface area (Å²) in [6, 6.07) is 16.6. The molecule has 0 radical (unpaired) electrons. The van der Waals surface area contributed by atoms with Gasteiger partial charge in [-0.2, -0.15) is 0 Å². The van der Waals surface area contributed by atoms with Crippen molar-refractivity contribution in [2.24, 2.45) is 0 Å². The Morgan fingerprint density at radius 2 is 1.68 bits per heavy atom. The summed E-state index contributed by atoms with van der Waals surface area (Å²) in [6.07, 6.45) is -0.00886. The maximum absolute atomic E-state index is 13.7. The van der Waals surface area contributed by atoms with E-state index in [4.69, 9.17) is 17.3 Å². The van der Waals surface area contributed by atoms with Crippen LogP contribution >= 0.6 is 24.0 Å². The Labute approximate surface area is 221 Å². The smallest absolute Gasteiger partial charge is 0.335 e. The number of aromatic carboxylic acids is 1. The molecule has 0 aromatic heterocycles. The van der Waals surface area contributed by atoms with Crippen molar-refractivity contribution in [2.45, 2.75) is 13.3 Å². The lowest BCUT2D eigenvalue weighted by Crippen LogP contribution is -2.31. The lowest BCUT2D eigenvalue weighted by molar-refractivity contribution is -0.122. The number of allylic oxidation sites excluding steroid dienone is 1. The van der Waals surface area contributed by atoms with E-state index in [0.717, 1.165) is 29.5 Å². The predicted molar refractivity (Wildman–Crippen MR) is 143 cm³/mol. The van der Waals surface area contributed by atoms with Gasteiger partial charge in [0.2, 0.25) is 5.91 Å². The molecule has 2 amide bonds. The average molecular weight is 539 g/mol. The van der Waals surface area contributed by atoms with Gasteiger partial charge in [0.15, 0.2) is 11.6 Å². The number of nitrogens with zero attached hydrogens (tertiary/aromatic N) is 1. The summed E-state index contributed by atoms with van der Waals surface area (Å²) in [6.45, 7) is 1.86. The van der Waals surface area contributed by atoms with Crippen molar-refractivity contribution in [3.05, 3.63) is 94.4 Å². The Morgan fingerprint density at radius 1 is 0.973 bits per heavy atom. The minimum absolute atomic E-state index is 0.00886. The molecular weight excluding hydrogens is 518 g/mol. The SMILES string of the molecule is C/C(=C1/SC(=S)N(CCC(=O)Nc2ccc(C(=O)O)cc2)C1=O)c1cccc(-c2ccc(F)c(F)c2)c1. The number of thioether (sulfide) groups is 1. The largest absolute Gasteiger partial charge is 0.478 e. The van der Waals surface area contributed by atoms with E-state index in [1.807, 2.05) is 6.07 Å². The van der Waals surface area contributed by atoms with Gasteiger partial charge in [-0.15, -0.1) is 0 Å². The molecule has 0 saturated carbocycles. The molecule has 0 atom stereocenters. The third-order valence-corrected chi connectivity index (χ3v) is 7.27. The fourth-order valence-electron chi connectivity index (χ4n) is 3.69. The lowest BCUT2D eigenvalue weighted by atomic mass is 9.99. The third kappa shape index (κ3) is 5.92. The van der Waals surface area contributed by atoms with Crippen LogP contribution in [0.25, 0.3) is 16.7 Å². The molecule has 37 heavy (non-hydrogen) atoms. The minimum atomic E-state index is -1.06. The van der Waals surface area contributed by atoms with Crippen molar-refractivity contribution in [1.29, 1.82) is 0 Å². The van der Waals surface area contributed by atoms with E-state index >= 15 is 0 Å². The molecule has 3 aromatic rings. The Bertz CT molecular complexity index is 1460. The zero-order valence-electron chi connectivity index (χ0n) is 19.5. The van der Waals surface area contributed by atoms with E-state index in [0.29, 0.717) is 31.6 Å². The van der Waals surface area contributed by atoms with Crippen molar-refractivity contribution in [1.82, 2.24) is 4.90 Å². The molecule has 1 aliphatic rings. The molecule has 0 aliphatic carbocycles.